The maximum Gasteiger partial charge on any atom is 0.404 e. The van der Waals surface area contributed by atoms with E-state index >= 15 is 0 Å². The highest BCUT2D eigenvalue weighted by molar-refractivity contribution is 14.1. The number of rotatable bonds is 1. The molecule has 1 amide bonds. The summed E-state index contributed by atoms with van der Waals surface area (Å²) >= 11 is 2.21. The van der Waals surface area contributed by atoms with Crippen molar-refractivity contribution in [3.63, 3.8) is 0 Å². The third kappa shape index (κ3) is 3.42. The first-order valence-electron chi connectivity index (χ1n) is 7.15. The fourth-order valence-electron chi connectivity index (χ4n) is 3.26. The lowest BCUT2D eigenvalue weighted by Gasteiger charge is -2.12. The summed E-state index contributed by atoms with van der Waals surface area (Å²) in [5, 5.41) is 23.1. The van der Waals surface area contributed by atoms with E-state index in [4.69, 9.17) is 5.11 Å². The number of hydrogen-bond acceptors (Lipinski definition) is 3. The molecule has 2 aliphatic rings. The van der Waals surface area contributed by atoms with Crippen molar-refractivity contribution in [2.75, 3.05) is 19.6 Å². The van der Waals surface area contributed by atoms with E-state index in [-0.39, 0.29) is 0 Å². The molecule has 1 saturated heterocycles. The first kappa shape index (κ1) is 16.4. The molecule has 1 fully saturated rings. The molecule has 21 heavy (non-hydrogen) atoms. The molecular weight excluding hydrogens is 383 g/mol. The zero-order valence-corrected chi connectivity index (χ0v) is 14.3. The summed E-state index contributed by atoms with van der Waals surface area (Å²) in [6.07, 6.45) is -0.961. The Hall–Kier alpha value is -1.02. The van der Waals surface area contributed by atoms with E-state index in [0.29, 0.717) is 24.1 Å². The number of carbonyl (C=O) groups is 1. The van der Waals surface area contributed by atoms with Gasteiger partial charge in [-0.1, -0.05) is 6.92 Å². The fourth-order valence-corrected chi connectivity index (χ4v) is 3.75. The van der Waals surface area contributed by atoms with Crippen LogP contribution in [0.1, 0.15) is 36.8 Å². The second-order valence-corrected chi connectivity index (χ2v) is 6.65. The second-order valence-electron chi connectivity index (χ2n) is 5.49. The average Bonchev–Trinajstić information content (AvgIpc) is 2.97. The number of benzene rings is 1. The summed E-state index contributed by atoms with van der Waals surface area (Å²) in [5.41, 5.74) is 2.82. The quantitative estimate of drug-likeness (QED) is 0.543. The van der Waals surface area contributed by atoms with Gasteiger partial charge in [0.25, 0.3) is 0 Å². The Kier molecular flexibility index (Phi) is 5.32. The van der Waals surface area contributed by atoms with Crippen LogP contribution in [0.15, 0.2) is 12.1 Å². The van der Waals surface area contributed by atoms with Gasteiger partial charge in [-0.2, -0.15) is 0 Å². The Morgan fingerprint density at radius 2 is 2.14 bits per heavy atom. The van der Waals surface area contributed by atoms with Crippen molar-refractivity contribution in [2.24, 2.45) is 5.92 Å². The topological polar surface area (TPSA) is 81.6 Å². The molecule has 1 aromatic carbocycles. The Morgan fingerprint density at radius 1 is 1.43 bits per heavy atom. The summed E-state index contributed by atoms with van der Waals surface area (Å²) in [5.74, 6) is 2.43. The summed E-state index contributed by atoms with van der Waals surface area (Å²) in [7, 11) is 0. The van der Waals surface area contributed by atoms with E-state index in [1.54, 1.807) is 6.92 Å². The van der Waals surface area contributed by atoms with Crippen molar-refractivity contribution < 1.29 is 15.0 Å². The van der Waals surface area contributed by atoms with Gasteiger partial charge in [0.15, 0.2) is 0 Å². The molecule has 4 N–H and O–H groups in total. The number of hydrogen-bond donors (Lipinski definition) is 4. The lowest BCUT2D eigenvalue weighted by molar-refractivity contribution is 0.195. The molecule has 0 bridgehead atoms. The maximum absolute atomic E-state index is 9.76. The summed E-state index contributed by atoms with van der Waals surface area (Å²) in [4.78, 5) is 9.49. The van der Waals surface area contributed by atoms with Crippen molar-refractivity contribution in [3.8, 4) is 5.75 Å². The van der Waals surface area contributed by atoms with Crippen LogP contribution in [0.4, 0.5) is 4.79 Å². The molecule has 1 aliphatic carbocycles. The molecule has 3 atom stereocenters. The highest BCUT2D eigenvalue weighted by atomic mass is 127. The monoisotopic (exact) mass is 404 g/mol. The van der Waals surface area contributed by atoms with Gasteiger partial charge in [-0.05, 0) is 71.2 Å². The normalized spacial score (nSPS) is 25.6. The van der Waals surface area contributed by atoms with E-state index in [9.17, 15) is 9.90 Å². The van der Waals surface area contributed by atoms with Gasteiger partial charge in [-0.25, -0.2) is 4.79 Å². The van der Waals surface area contributed by atoms with Gasteiger partial charge in [0.2, 0.25) is 0 Å². The highest BCUT2D eigenvalue weighted by Gasteiger charge is 2.41. The van der Waals surface area contributed by atoms with Gasteiger partial charge in [0.05, 0.1) is 3.57 Å². The number of phenols is 1. The molecule has 0 aromatic heterocycles. The van der Waals surface area contributed by atoms with E-state index in [0.717, 1.165) is 22.6 Å². The summed E-state index contributed by atoms with van der Waals surface area (Å²) < 4.78 is 0.978. The fraction of sp³-hybridized carbons (Fsp3) is 0.533. The number of halogens is 1. The van der Waals surface area contributed by atoms with E-state index in [1.807, 2.05) is 6.07 Å². The lowest BCUT2D eigenvalue weighted by atomic mass is 9.91. The minimum Gasteiger partial charge on any atom is -0.507 e. The van der Waals surface area contributed by atoms with E-state index in [1.165, 1.54) is 11.1 Å². The molecule has 3 rings (SSSR count). The molecule has 1 aromatic rings. The Bertz CT molecular complexity index is 536. The van der Waals surface area contributed by atoms with Crippen LogP contribution in [0.5, 0.6) is 5.75 Å². The molecule has 5 nitrogen and oxygen atoms in total. The number of aromatic hydroxyl groups is 1. The highest BCUT2D eigenvalue weighted by Crippen LogP contribution is 2.49. The Balaban J connectivity index is 0.000000232. The largest absolute Gasteiger partial charge is 0.507 e. The number of phenolic OH excluding ortho intramolecular Hbond substituents is 1. The van der Waals surface area contributed by atoms with Crippen LogP contribution in [-0.4, -0.2) is 35.9 Å². The maximum atomic E-state index is 9.76. The number of nitrogens with one attached hydrogen (secondary N) is 2. The minimum absolute atomic E-state index is 0.439. The van der Waals surface area contributed by atoms with Crippen LogP contribution >= 0.6 is 22.6 Å². The summed E-state index contributed by atoms with van der Waals surface area (Å²) in [6, 6.07) is 4.14. The van der Waals surface area contributed by atoms with Crippen LogP contribution in [0, 0.1) is 9.49 Å². The van der Waals surface area contributed by atoms with Gasteiger partial charge >= 0.3 is 6.09 Å². The zero-order chi connectivity index (χ0) is 15.6. The van der Waals surface area contributed by atoms with E-state index in [2.05, 4.69) is 46.2 Å². The van der Waals surface area contributed by atoms with Crippen molar-refractivity contribution in [3.05, 3.63) is 26.8 Å². The van der Waals surface area contributed by atoms with Gasteiger partial charge in [-0.3, -0.25) is 0 Å². The van der Waals surface area contributed by atoms with Crippen molar-refractivity contribution >= 4 is 28.7 Å². The van der Waals surface area contributed by atoms with Crippen LogP contribution in [-0.2, 0) is 0 Å². The van der Waals surface area contributed by atoms with Gasteiger partial charge in [0.1, 0.15) is 5.75 Å². The molecule has 0 spiro atoms. The first-order chi connectivity index (χ1) is 9.95. The van der Waals surface area contributed by atoms with Crippen LogP contribution in [0.2, 0.25) is 0 Å². The third-order valence-electron chi connectivity index (χ3n) is 4.27. The minimum atomic E-state index is -0.961. The smallest absolute Gasteiger partial charge is 0.404 e. The number of fused-ring (bicyclic) bond motifs is 3. The van der Waals surface area contributed by atoms with Gasteiger partial charge < -0.3 is 20.8 Å². The average molecular weight is 404 g/mol. The van der Waals surface area contributed by atoms with Gasteiger partial charge in [-0.15, -0.1) is 0 Å². The number of amides is 1. The van der Waals surface area contributed by atoms with Crippen molar-refractivity contribution in [1.29, 1.82) is 0 Å². The predicted molar refractivity (Wildman–Crippen MR) is 90.0 cm³/mol. The SMILES string of the molecule is CC1c2cc(I)c(O)cc2C2CNCC12.CCNC(=O)O. The predicted octanol–water partition coefficient (Wildman–Crippen LogP) is 2.69. The Labute approximate surface area is 138 Å². The standard InChI is InChI=1S/C12H14INO.C3H7NO2/c1-6-7-2-11(13)12(15)3-8(7)10-5-14-4-9(6)10;1-2-4-3(5)6/h2-3,6,9-10,14-15H,4-5H2,1H3;4H,2H2,1H3,(H,5,6). The lowest BCUT2D eigenvalue weighted by Crippen LogP contribution is -2.19. The van der Waals surface area contributed by atoms with E-state index < -0.39 is 6.09 Å². The molecule has 6 heteroatoms. The summed E-state index contributed by atoms with van der Waals surface area (Å²) in [6.45, 7) is 6.72. The van der Waals surface area contributed by atoms with Crippen molar-refractivity contribution in [1.82, 2.24) is 10.6 Å². The molecule has 1 aliphatic heterocycles. The molecule has 0 saturated carbocycles. The Morgan fingerprint density at radius 3 is 2.71 bits per heavy atom. The molecule has 1 heterocycles. The molecular formula is C15H21IN2O3. The molecule has 0 radical (unpaired) electrons. The molecule has 3 unspecified atom stereocenters. The zero-order valence-electron chi connectivity index (χ0n) is 12.2. The molecule has 116 valence electrons. The third-order valence-corrected chi connectivity index (χ3v) is 5.14. The second kappa shape index (κ2) is 6.83. The van der Waals surface area contributed by atoms with Crippen LogP contribution in [0.3, 0.4) is 0 Å². The number of carboxylic acid groups (broad SMARTS) is 1. The van der Waals surface area contributed by atoms with Crippen molar-refractivity contribution in [2.45, 2.75) is 25.7 Å². The first-order valence-corrected chi connectivity index (χ1v) is 8.23. The van der Waals surface area contributed by atoms with Crippen LogP contribution in [0.25, 0.3) is 0 Å². The van der Waals surface area contributed by atoms with Crippen LogP contribution < -0.4 is 10.6 Å². The van der Waals surface area contributed by atoms with Gasteiger partial charge in [0, 0.05) is 19.0 Å².